The number of ether oxygens (including phenoxy) is 2. The van der Waals surface area contributed by atoms with Crippen LogP contribution in [0.25, 0.3) is 10.9 Å². The van der Waals surface area contributed by atoms with E-state index in [0.29, 0.717) is 43.8 Å². The molecule has 1 aromatic heterocycles. The molecule has 0 amide bonds. The molecule has 3 rings (SSSR count). The molecular formula is C15H17FN2O3. The molecule has 1 atom stereocenters. The number of pyridine rings is 1. The lowest BCUT2D eigenvalue weighted by molar-refractivity contribution is -0.0864. The van der Waals surface area contributed by atoms with E-state index in [1.165, 1.54) is 18.2 Å². The van der Waals surface area contributed by atoms with Crippen molar-refractivity contribution in [3.63, 3.8) is 0 Å². The summed E-state index contributed by atoms with van der Waals surface area (Å²) in [5.41, 5.74) is 1.21. The third-order valence-corrected chi connectivity index (χ3v) is 3.42. The molecule has 0 spiro atoms. The van der Waals surface area contributed by atoms with Crippen LogP contribution in [-0.4, -0.2) is 37.5 Å². The van der Waals surface area contributed by atoms with Gasteiger partial charge in [-0.3, -0.25) is 4.79 Å². The lowest BCUT2D eigenvalue weighted by atomic mass is 10.2. The highest BCUT2D eigenvalue weighted by Crippen LogP contribution is 2.10. The second-order valence-electron chi connectivity index (χ2n) is 5.05. The average Bonchev–Trinajstić information content (AvgIpc) is 2.49. The number of hydrogen-bond donors (Lipinski definition) is 2. The molecule has 2 aromatic rings. The zero-order chi connectivity index (χ0) is 14.7. The van der Waals surface area contributed by atoms with E-state index in [4.69, 9.17) is 9.47 Å². The second kappa shape index (κ2) is 6.34. The van der Waals surface area contributed by atoms with Crippen molar-refractivity contribution in [1.29, 1.82) is 0 Å². The normalized spacial score (nSPS) is 19.0. The largest absolute Gasteiger partial charge is 0.376 e. The fourth-order valence-corrected chi connectivity index (χ4v) is 2.39. The number of H-pyrrole nitrogens is 1. The molecular weight excluding hydrogens is 275 g/mol. The number of aromatic amines is 1. The Morgan fingerprint density at radius 3 is 3.05 bits per heavy atom. The van der Waals surface area contributed by atoms with Crippen LogP contribution in [0.5, 0.6) is 0 Å². The van der Waals surface area contributed by atoms with Gasteiger partial charge in [-0.05, 0) is 18.2 Å². The first-order chi connectivity index (χ1) is 10.2. The van der Waals surface area contributed by atoms with Crippen LogP contribution in [0.3, 0.4) is 0 Å². The van der Waals surface area contributed by atoms with Crippen LogP contribution >= 0.6 is 0 Å². The molecule has 5 nitrogen and oxygen atoms in total. The van der Waals surface area contributed by atoms with Crippen LogP contribution in [0.2, 0.25) is 0 Å². The van der Waals surface area contributed by atoms with Gasteiger partial charge in [-0.15, -0.1) is 0 Å². The molecule has 1 aromatic carbocycles. The summed E-state index contributed by atoms with van der Waals surface area (Å²) in [4.78, 5) is 15.1. The highest BCUT2D eigenvalue weighted by atomic mass is 19.1. The van der Waals surface area contributed by atoms with Crippen molar-refractivity contribution in [3.8, 4) is 0 Å². The quantitative estimate of drug-likeness (QED) is 0.888. The van der Waals surface area contributed by atoms with Crippen molar-refractivity contribution < 1.29 is 13.9 Å². The van der Waals surface area contributed by atoms with Crippen LogP contribution in [0, 0.1) is 5.82 Å². The Balaban J connectivity index is 1.67. The van der Waals surface area contributed by atoms with Gasteiger partial charge in [0.05, 0.1) is 25.9 Å². The van der Waals surface area contributed by atoms with Crippen LogP contribution < -0.4 is 10.7 Å². The number of aromatic nitrogens is 1. The molecule has 2 heterocycles. The number of benzene rings is 1. The Hall–Kier alpha value is -1.76. The number of nitrogens with one attached hydrogen (secondary N) is 2. The lowest BCUT2D eigenvalue weighted by Crippen LogP contribution is -2.37. The number of rotatable bonds is 4. The highest BCUT2D eigenvalue weighted by molar-refractivity contribution is 5.78. The van der Waals surface area contributed by atoms with E-state index < -0.39 is 5.82 Å². The maximum Gasteiger partial charge on any atom is 0.189 e. The Morgan fingerprint density at radius 2 is 2.24 bits per heavy atom. The molecule has 1 aliphatic heterocycles. The van der Waals surface area contributed by atoms with Crippen molar-refractivity contribution in [2.24, 2.45) is 0 Å². The van der Waals surface area contributed by atoms with E-state index in [1.54, 1.807) is 6.07 Å². The van der Waals surface area contributed by atoms with Gasteiger partial charge >= 0.3 is 0 Å². The molecule has 2 N–H and O–H groups in total. The lowest BCUT2D eigenvalue weighted by Gasteiger charge is -2.23. The maximum absolute atomic E-state index is 13.1. The van der Waals surface area contributed by atoms with Gasteiger partial charge in [0, 0.05) is 35.8 Å². The van der Waals surface area contributed by atoms with E-state index in [2.05, 4.69) is 10.3 Å². The molecule has 1 fully saturated rings. The van der Waals surface area contributed by atoms with Gasteiger partial charge in [0.1, 0.15) is 5.82 Å². The van der Waals surface area contributed by atoms with Gasteiger partial charge in [-0.25, -0.2) is 4.39 Å². The fraction of sp³-hybridized carbons (Fsp3) is 0.400. The summed E-state index contributed by atoms with van der Waals surface area (Å²) in [7, 11) is 0. The number of halogens is 1. The van der Waals surface area contributed by atoms with Gasteiger partial charge in [-0.1, -0.05) is 0 Å². The third-order valence-electron chi connectivity index (χ3n) is 3.42. The molecule has 0 radical (unpaired) electrons. The molecule has 0 saturated carbocycles. The predicted molar refractivity (Wildman–Crippen MR) is 76.8 cm³/mol. The molecule has 21 heavy (non-hydrogen) atoms. The van der Waals surface area contributed by atoms with E-state index in [9.17, 15) is 9.18 Å². The Labute approximate surface area is 121 Å². The van der Waals surface area contributed by atoms with E-state index in [-0.39, 0.29) is 11.5 Å². The molecule has 1 aliphatic rings. The topological polar surface area (TPSA) is 63.4 Å². The van der Waals surface area contributed by atoms with E-state index in [1.807, 2.05) is 0 Å². The summed E-state index contributed by atoms with van der Waals surface area (Å²) in [5, 5.41) is 3.59. The van der Waals surface area contributed by atoms with Gasteiger partial charge < -0.3 is 19.8 Å². The summed E-state index contributed by atoms with van der Waals surface area (Å²) in [6, 6.07) is 5.65. The Kier molecular flexibility index (Phi) is 4.28. The summed E-state index contributed by atoms with van der Waals surface area (Å²) in [5.74, 6) is -0.409. The monoisotopic (exact) mass is 292 g/mol. The second-order valence-corrected chi connectivity index (χ2v) is 5.05. The van der Waals surface area contributed by atoms with Gasteiger partial charge in [0.2, 0.25) is 0 Å². The first-order valence-electron chi connectivity index (χ1n) is 6.94. The molecule has 0 unspecified atom stereocenters. The minimum Gasteiger partial charge on any atom is -0.376 e. The first kappa shape index (κ1) is 14.2. The van der Waals surface area contributed by atoms with E-state index in [0.717, 1.165) is 5.69 Å². The minimum atomic E-state index is -0.409. The van der Waals surface area contributed by atoms with Crippen LogP contribution in [0.1, 0.15) is 5.69 Å². The minimum absolute atomic E-state index is 0.0417. The van der Waals surface area contributed by atoms with Crippen molar-refractivity contribution in [1.82, 2.24) is 10.3 Å². The molecule has 1 saturated heterocycles. The highest BCUT2D eigenvalue weighted by Gasteiger charge is 2.13. The number of hydrogen-bond acceptors (Lipinski definition) is 4. The zero-order valence-corrected chi connectivity index (χ0v) is 11.5. The summed E-state index contributed by atoms with van der Waals surface area (Å²) >= 11 is 0. The molecule has 0 bridgehead atoms. The van der Waals surface area contributed by atoms with Crippen molar-refractivity contribution in [2.75, 3.05) is 26.4 Å². The van der Waals surface area contributed by atoms with Crippen LogP contribution in [-0.2, 0) is 16.0 Å². The summed E-state index contributed by atoms with van der Waals surface area (Å²) in [6.07, 6.45) is 0.0417. The van der Waals surface area contributed by atoms with E-state index >= 15 is 0 Å². The first-order valence-corrected chi connectivity index (χ1v) is 6.94. The smallest absolute Gasteiger partial charge is 0.189 e. The van der Waals surface area contributed by atoms with Gasteiger partial charge in [0.25, 0.3) is 0 Å². The van der Waals surface area contributed by atoms with Crippen molar-refractivity contribution >= 4 is 10.9 Å². The fourth-order valence-electron chi connectivity index (χ4n) is 2.39. The Bertz CT molecular complexity index is 680. The SMILES string of the molecule is O=c1cc(CNC[C@@H]2COCCO2)[nH]c2ccc(F)cc12. The predicted octanol–water partition coefficient (Wildman–Crippen LogP) is 1.17. The zero-order valence-electron chi connectivity index (χ0n) is 11.5. The van der Waals surface area contributed by atoms with Crippen LogP contribution in [0.15, 0.2) is 29.1 Å². The Morgan fingerprint density at radius 1 is 1.33 bits per heavy atom. The maximum atomic E-state index is 13.1. The van der Waals surface area contributed by atoms with Crippen molar-refractivity contribution in [2.45, 2.75) is 12.6 Å². The van der Waals surface area contributed by atoms with Crippen molar-refractivity contribution in [3.05, 3.63) is 46.0 Å². The molecule has 0 aliphatic carbocycles. The van der Waals surface area contributed by atoms with Crippen LogP contribution in [0.4, 0.5) is 4.39 Å². The summed E-state index contributed by atoms with van der Waals surface area (Å²) in [6.45, 7) is 3.02. The average molecular weight is 292 g/mol. The van der Waals surface area contributed by atoms with Gasteiger partial charge in [-0.2, -0.15) is 0 Å². The van der Waals surface area contributed by atoms with Gasteiger partial charge in [0.15, 0.2) is 5.43 Å². The molecule has 112 valence electrons. The standard InChI is InChI=1S/C15H17FN2O3/c16-10-1-2-14-13(5-10)15(19)6-11(18-14)7-17-8-12-9-20-3-4-21-12/h1-2,5-6,12,17H,3-4,7-9H2,(H,18,19)/t12-/m1/s1. The number of fused-ring (bicyclic) bond motifs is 1. The molecule has 6 heteroatoms. The summed E-state index contributed by atoms with van der Waals surface area (Å²) < 4.78 is 24.0. The third kappa shape index (κ3) is 3.47.